The Bertz CT molecular complexity index is 1280. The number of aryl methyl sites for hydroxylation is 1. The van der Waals surface area contributed by atoms with E-state index in [2.05, 4.69) is 26.0 Å². The Labute approximate surface area is 161 Å². The predicted molar refractivity (Wildman–Crippen MR) is 102 cm³/mol. The van der Waals surface area contributed by atoms with Crippen molar-refractivity contribution in [1.29, 1.82) is 5.26 Å². The minimum absolute atomic E-state index is 0.120. The molecule has 2 heterocycles. The number of rotatable bonds is 2. The van der Waals surface area contributed by atoms with E-state index >= 15 is 0 Å². The van der Waals surface area contributed by atoms with Crippen LogP contribution in [0.4, 0.5) is 4.39 Å². The van der Waals surface area contributed by atoms with E-state index in [4.69, 9.17) is 5.26 Å². The average molecular weight is 424 g/mol. The number of nitrogens with zero attached hydrogens (tertiary/aromatic N) is 5. The van der Waals surface area contributed by atoms with Crippen LogP contribution in [0, 0.1) is 24.1 Å². The minimum Gasteiger partial charge on any atom is -0.266 e. The maximum absolute atomic E-state index is 13.7. The summed E-state index contributed by atoms with van der Waals surface area (Å²) in [6, 6.07) is 13.0. The number of benzene rings is 2. The molecule has 0 aliphatic rings. The molecule has 132 valence electrons. The largest absolute Gasteiger partial charge is 0.284 e. The zero-order chi connectivity index (χ0) is 19.1. The lowest BCUT2D eigenvalue weighted by molar-refractivity contribution is 0.623. The molecule has 8 heteroatoms. The van der Waals surface area contributed by atoms with Gasteiger partial charge in [0, 0.05) is 4.47 Å². The second kappa shape index (κ2) is 6.45. The second-order valence-corrected chi connectivity index (χ2v) is 6.78. The summed E-state index contributed by atoms with van der Waals surface area (Å²) in [4.78, 5) is 17.5. The molecular weight excluding hydrogens is 413 g/mol. The van der Waals surface area contributed by atoms with E-state index in [9.17, 15) is 9.18 Å². The number of nitriles is 1. The van der Waals surface area contributed by atoms with Crippen LogP contribution in [-0.2, 0) is 0 Å². The van der Waals surface area contributed by atoms with Gasteiger partial charge in [0.15, 0.2) is 5.52 Å². The van der Waals surface area contributed by atoms with Gasteiger partial charge in [-0.1, -0.05) is 15.9 Å². The summed E-state index contributed by atoms with van der Waals surface area (Å²) in [5, 5.41) is 13.5. The first-order valence-corrected chi connectivity index (χ1v) is 8.72. The zero-order valence-electron chi connectivity index (χ0n) is 14.0. The van der Waals surface area contributed by atoms with Crippen LogP contribution in [0.3, 0.4) is 0 Å². The van der Waals surface area contributed by atoms with E-state index in [0.29, 0.717) is 22.6 Å². The van der Waals surface area contributed by atoms with Gasteiger partial charge in [-0.2, -0.15) is 10.4 Å². The van der Waals surface area contributed by atoms with E-state index in [0.717, 1.165) is 4.47 Å². The number of hydrogen-bond donors (Lipinski definition) is 0. The number of aromatic nitrogens is 4. The maximum Gasteiger partial charge on any atom is 0.284 e. The fourth-order valence-electron chi connectivity index (χ4n) is 2.85. The number of halogens is 2. The number of fused-ring (bicyclic) bond motifs is 1. The fraction of sp³-hybridized carbons (Fsp3) is 0.0526. The maximum atomic E-state index is 13.7. The molecule has 4 rings (SSSR count). The third-order valence-corrected chi connectivity index (χ3v) is 4.70. The van der Waals surface area contributed by atoms with Crippen molar-refractivity contribution >= 4 is 27.0 Å². The van der Waals surface area contributed by atoms with Gasteiger partial charge in [0.1, 0.15) is 23.7 Å². The van der Waals surface area contributed by atoms with Crippen LogP contribution in [0.2, 0.25) is 0 Å². The Morgan fingerprint density at radius 3 is 2.56 bits per heavy atom. The Balaban J connectivity index is 2.00. The van der Waals surface area contributed by atoms with Gasteiger partial charge in [-0.3, -0.25) is 9.36 Å². The monoisotopic (exact) mass is 423 g/mol. The van der Waals surface area contributed by atoms with Crippen LogP contribution in [0.25, 0.3) is 22.4 Å². The molecule has 0 unspecified atom stereocenters. The highest BCUT2D eigenvalue weighted by Gasteiger charge is 2.17. The summed E-state index contributed by atoms with van der Waals surface area (Å²) in [6.45, 7) is 1.74. The quantitative estimate of drug-likeness (QED) is 0.492. The molecule has 0 radical (unpaired) electrons. The minimum atomic E-state index is -0.625. The highest BCUT2D eigenvalue weighted by Crippen LogP contribution is 2.20. The van der Waals surface area contributed by atoms with Crippen LogP contribution < -0.4 is 5.56 Å². The van der Waals surface area contributed by atoms with Crippen LogP contribution in [0.5, 0.6) is 0 Å². The third kappa shape index (κ3) is 2.82. The molecule has 0 bridgehead atoms. The molecular formula is C19H11BrFN5O. The van der Waals surface area contributed by atoms with E-state index in [1.165, 1.54) is 33.8 Å². The van der Waals surface area contributed by atoms with Gasteiger partial charge in [0.25, 0.3) is 5.56 Å². The van der Waals surface area contributed by atoms with Gasteiger partial charge in [0.05, 0.1) is 22.6 Å². The number of hydrogen-bond acceptors (Lipinski definition) is 4. The smallest absolute Gasteiger partial charge is 0.266 e. The zero-order valence-corrected chi connectivity index (χ0v) is 15.6. The first kappa shape index (κ1) is 17.1. The first-order chi connectivity index (χ1) is 13.0. The van der Waals surface area contributed by atoms with Crippen LogP contribution in [-0.4, -0.2) is 19.3 Å². The van der Waals surface area contributed by atoms with Crippen molar-refractivity contribution in [2.45, 2.75) is 6.92 Å². The molecule has 0 aliphatic carbocycles. The Hall–Kier alpha value is -3.31. The molecule has 6 nitrogen and oxygen atoms in total. The highest BCUT2D eigenvalue weighted by molar-refractivity contribution is 9.10. The summed E-state index contributed by atoms with van der Waals surface area (Å²) in [6.07, 6.45) is 1.46. The van der Waals surface area contributed by atoms with E-state index in [1.807, 2.05) is 12.1 Å². The second-order valence-electron chi connectivity index (χ2n) is 5.87. The Morgan fingerprint density at radius 2 is 1.85 bits per heavy atom. The SMILES string of the molecule is Cc1nn(-c2ccc(F)c(C#N)c2)c2c(=O)n(-c3ccc(Br)cc3)cnc12. The molecule has 0 atom stereocenters. The fourth-order valence-corrected chi connectivity index (χ4v) is 3.11. The average Bonchev–Trinajstić information content (AvgIpc) is 3.01. The lowest BCUT2D eigenvalue weighted by Gasteiger charge is -2.07. The van der Waals surface area contributed by atoms with Crippen molar-refractivity contribution in [2.24, 2.45) is 0 Å². The summed E-state index contributed by atoms with van der Waals surface area (Å²) >= 11 is 3.37. The molecule has 27 heavy (non-hydrogen) atoms. The Kier molecular flexibility index (Phi) is 4.09. The topological polar surface area (TPSA) is 76.5 Å². The van der Waals surface area contributed by atoms with Gasteiger partial charge in [-0.15, -0.1) is 0 Å². The van der Waals surface area contributed by atoms with Gasteiger partial charge >= 0.3 is 0 Å². The molecule has 0 amide bonds. The van der Waals surface area contributed by atoms with Crippen molar-refractivity contribution in [2.75, 3.05) is 0 Å². The summed E-state index contributed by atoms with van der Waals surface area (Å²) in [7, 11) is 0. The molecule has 0 saturated carbocycles. The summed E-state index contributed by atoms with van der Waals surface area (Å²) in [5.74, 6) is -0.625. The van der Waals surface area contributed by atoms with E-state index in [1.54, 1.807) is 25.1 Å². The van der Waals surface area contributed by atoms with Crippen molar-refractivity contribution in [3.05, 3.63) is 80.7 Å². The van der Waals surface area contributed by atoms with Crippen molar-refractivity contribution in [1.82, 2.24) is 19.3 Å². The summed E-state index contributed by atoms with van der Waals surface area (Å²) in [5.41, 5.74) is 1.91. The summed E-state index contributed by atoms with van der Waals surface area (Å²) < 4.78 is 17.4. The standard InChI is InChI=1S/C19H11BrFN5O/c1-11-17-18(26(24-11)15-6-7-16(21)12(8-15)9-22)19(27)25(10-23-17)14-4-2-13(20)3-5-14/h2-8,10H,1H3. The lowest BCUT2D eigenvalue weighted by Crippen LogP contribution is -2.21. The molecule has 0 N–H and O–H groups in total. The van der Waals surface area contributed by atoms with Crippen molar-refractivity contribution in [3.63, 3.8) is 0 Å². The normalized spacial score (nSPS) is 10.9. The first-order valence-electron chi connectivity index (χ1n) is 7.92. The van der Waals surface area contributed by atoms with Crippen molar-refractivity contribution < 1.29 is 4.39 Å². The van der Waals surface area contributed by atoms with Gasteiger partial charge in [-0.25, -0.2) is 14.1 Å². The lowest BCUT2D eigenvalue weighted by atomic mass is 10.2. The highest BCUT2D eigenvalue weighted by atomic mass is 79.9. The van der Waals surface area contributed by atoms with Crippen molar-refractivity contribution in [3.8, 4) is 17.4 Å². The van der Waals surface area contributed by atoms with Crippen LogP contribution >= 0.6 is 15.9 Å². The molecule has 2 aromatic carbocycles. The third-order valence-electron chi connectivity index (χ3n) is 4.17. The predicted octanol–water partition coefficient (Wildman–Crippen LogP) is 3.65. The van der Waals surface area contributed by atoms with E-state index in [-0.39, 0.29) is 16.6 Å². The van der Waals surface area contributed by atoms with E-state index < -0.39 is 5.82 Å². The van der Waals surface area contributed by atoms with Crippen LogP contribution in [0.1, 0.15) is 11.3 Å². The Morgan fingerprint density at radius 1 is 1.15 bits per heavy atom. The molecule has 0 fully saturated rings. The van der Waals surface area contributed by atoms with Gasteiger partial charge in [0.2, 0.25) is 0 Å². The molecule has 0 saturated heterocycles. The van der Waals surface area contributed by atoms with Gasteiger partial charge < -0.3 is 0 Å². The van der Waals surface area contributed by atoms with Crippen LogP contribution in [0.15, 0.2) is 58.1 Å². The molecule has 4 aromatic rings. The molecule has 0 spiro atoms. The molecule has 2 aromatic heterocycles. The van der Waals surface area contributed by atoms with Gasteiger partial charge in [-0.05, 0) is 49.4 Å². The molecule has 0 aliphatic heterocycles.